The fraction of sp³-hybridized carbons (Fsp3) is 0.550. The highest BCUT2D eigenvalue weighted by molar-refractivity contribution is 7.86. The van der Waals surface area contributed by atoms with Gasteiger partial charge in [-0.15, -0.1) is 0 Å². The molecule has 0 spiro atoms. The van der Waals surface area contributed by atoms with Crippen LogP contribution in [0.4, 0.5) is 0 Å². The summed E-state index contributed by atoms with van der Waals surface area (Å²) in [5, 5.41) is 8.68. The van der Waals surface area contributed by atoms with E-state index in [1.54, 1.807) is 24.3 Å². The van der Waals surface area contributed by atoms with Crippen molar-refractivity contribution in [2.75, 3.05) is 6.61 Å². The van der Waals surface area contributed by atoms with Gasteiger partial charge in [0, 0.05) is 12.3 Å². The van der Waals surface area contributed by atoms with Gasteiger partial charge in [-0.05, 0) is 50.7 Å². The molecule has 0 unspecified atom stereocenters. The maximum atomic E-state index is 12.4. The molecule has 1 aromatic rings. The van der Waals surface area contributed by atoms with Gasteiger partial charge in [-0.25, -0.2) is 0 Å². The molecule has 148 valence electrons. The van der Waals surface area contributed by atoms with Crippen LogP contribution in [-0.4, -0.2) is 38.3 Å². The van der Waals surface area contributed by atoms with Crippen molar-refractivity contribution in [2.24, 2.45) is 11.8 Å². The molecule has 0 saturated carbocycles. The zero-order chi connectivity index (χ0) is 19.4. The van der Waals surface area contributed by atoms with Crippen LogP contribution >= 0.6 is 0 Å². The molecule has 1 N–H and O–H groups in total. The molecule has 27 heavy (non-hydrogen) atoms. The molecule has 0 aliphatic carbocycles. The molecule has 2 aliphatic rings. The summed E-state index contributed by atoms with van der Waals surface area (Å²) >= 11 is 0. The number of carboxylic acid groups (broad SMARTS) is 1. The van der Waals surface area contributed by atoms with Gasteiger partial charge in [0.15, 0.2) is 0 Å². The maximum Gasteiger partial charge on any atom is 0.303 e. The lowest BCUT2D eigenvalue weighted by molar-refractivity contribution is -0.136. The third-order valence-corrected chi connectivity index (χ3v) is 6.71. The molecule has 1 aromatic carbocycles. The zero-order valence-corrected chi connectivity index (χ0v) is 16.2. The lowest BCUT2D eigenvalue weighted by Gasteiger charge is -2.26. The molecule has 0 amide bonds. The number of carboxylic acids is 1. The molecular formula is C20H26O6S. The Bertz CT molecular complexity index is 783. The number of carbonyl (C=O) groups is 1. The van der Waals surface area contributed by atoms with E-state index >= 15 is 0 Å². The smallest absolute Gasteiger partial charge is 0.303 e. The summed E-state index contributed by atoms with van der Waals surface area (Å²) in [6.07, 6.45) is 7.32. The second-order valence-electron chi connectivity index (χ2n) is 7.31. The predicted molar refractivity (Wildman–Crippen MR) is 99.8 cm³/mol. The zero-order valence-electron chi connectivity index (χ0n) is 15.4. The minimum absolute atomic E-state index is 0.0353. The molecule has 0 aromatic heterocycles. The van der Waals surface area contributed by atoms with Gasteiger partial charge < -0.3 is 9.84 Å². The van der Waals surface area contributed by atoms with E-state index in [0.717, 1.165) is 24.8 Å². The molecule has 3 rings (SSSR count). The Labute approximate surface area is 160 Å². The number of benzene rings is 1. The van der Waals surface area contributed by atoms with E-state index < -0.39 is 16.1 Å². The van der Waals surface area contributed by atoms with Crippen molar-refractivity contribution in [1.29, 1.82) is 0 Å². The summed E-state index contributed by atoms with van der Waals surface area (Å²) in [4.78, 5) is 10.7. The van der Waals surface area contributed by atoms with E-state index in [2.05, 4.69) is 0 Å². The first-order chi connectivity index (χ1) is 12.9. The van der Waals surface area contributed by atoms with Crippen molar-refractivity contribution >= 4 is 16.1 Å². The highest BCUT2D eigenvalue weighted by atomic mass is 32.2. The number of allylic oxidation sites excluding steroid dienone is 2. The number of fused-ring (bicyclic) bond motifs is 2. The maximum absolute atomic E-state index is 12.4. The van der Waals surface area contributed by atoms with Crippen LogP contribution in [-0.2, 0) is 23.8 Å². The Morgan fingerprint density at radius 1 is 1.19 bits per heavy atom. The van der Waals surface area contributed by atoms with Gasteiger partial charge in [0.2, 0.25) is 0 Å². The number of aliphatic carboxylic acids is 1. The summed E-state index contributed by atoms with van der Waals surface area (Å²) < 4.78 is 36.2. The Morgan fingerprint density at radius 3 is 2.52 bits per heavy atom. The minimum Gasteiger partial charge on any atom is -0.481 e. The van der Waals surface area contributed by atoms with E-state index in [9.17, 15) is 13.2 Å². The minimum atomic E-state index is -3.78. The lowest BCUT2D eigenvalue weighted by atomic mass is 9.78. The molecule has 6 nitrogen and oxygen atoms in total. The highest BCUT2D eigenvalue weighted by Crippen LogP contribution is 2.45. The van der Waals surface area contributed by atoms with E-state index in [1.165, 1.54) is 0 Å². The van der Waals surface area contributed by atoms with E-state index in [1.807, 2.05) is 19.1 Å². The fourth-order valence-corrected chi connectivity index (χ4v) is 4.89. The monoisotopic (exact) mass is 394 g/mol. The Hall–Kier alpha value is -1.70. The molecule has 2 fully saturated rings. The lowest BCUT2D eigenvalue weighted by Crippen LogP contribution is -2.31. The van der Waals surface area contributed by atoms with Crippen molar-refractivity contribution in [3.63, 3.8) is 0 Å². The topological polar surface area (TPSA) is 89.9 Å². The van der Waals surface area contributed by atoms with Crippen LogP contribution in [0.5, 0.6) is 0 Å². The molecule has 2 bridgehead atoms. The van der Waals surface area contributed by atoms with Crippen LogP contribution in [0.1, 0.15) is 37.7 Å². The summed E-state index contributed by atoms with van der Waals surface area (Å²) in [7, 11) is -3.78. The summed E-state index contributed by atoms with van der Waals surface area (Å²) in [5.74, 6) is -0.568. The van der Waals surface area contributed by atoms with Crippen LogP contribution in [0.2, 0.25) is 0 Å². The van der Waals surface area contributed by atoms with Crippen LogP contribution in [0.25, 0.3) is 0 Å². The average Bonchev–Trinajstić information content (AvgIpc) is 3.21. The molecule has 2 saturated heterocycles. The predicted octanol–water partition coefficient (Wildman–Crippen LogP) is 3.31. The number of hydrogen-bond donors (Lipinski definition) is 1. The van der Waals surface area contributed by atoms with E-state index in [4.69, 9.17) is 14.0 Å². The van der Waals surface area contributed by atoms with Crippen LogP contribution in [0.3, 0.4) is 0 Å². The summed E-state index contributed by atoms with van der Waals surface area (Å²) in [6.45, 7) is 2.02. The van der Waals surface area contributed by atoms with Gasteiger partial charge in [0.25, 0.3) is 10.1 Å². The fourth-order valence-electron chi connectivity index (χ4n) is 3.95. The molecule has 7 heteroatoms. The Balaban J connectivity index is 1.59. The number of aryl methyl sites for hydroxylation is 1. The molecule has 2 heterocycles. The normalized spacial score (nSPS) is 27.4. The molecule has 4 atom stereocenters. The number of rotatable bonds is 9. The quantitative estimate of drug-likeness (QED) is 0.510. The SMILES string of the molecule is Cc1ccc(S(=O)(=O)OC[C@H]2[C@@H](C/C=C\CCC(=O)O)[C@@H]3CC[C@H]2O3)cc1. The first-order valence-corrected chi connectivity index (χ1v) is 10.8. The van der Waals surface area contributed by atoms with Crippen molar-refractivity contribution < 1.29 is 27.2 Å². The summed E-state index contributed by atoms with van der Waals surface area (Å²) in [5.41, 5.74) is 0.991. The van der Waals surface area contributed by atoms with Crippen molar-refractivity contribution in [3.05, 3.63) is 42.0 Å². The Kier molecular flexibility index (Phi) is 6.34. The first kappa shape index (κ1) is 20.0. The van der Waals surface area contributed by atoms with Crippen LogP contribution < -0.4 is 0 Å². The van der Waals surface area contributed by atoms with Gasteiger partial charge in [0.05, 0.1) is 23.7 Å². The van der Waals surface area contributed by atoms with Crippen molar-refractivity contribution in [3.8, 4) is 0 Å². The van der Waals surface area contributed by atoms with Crippen LogP contribution in [0.15, 0.2) is 41.3 Å². The van der Waals surface area contributed by atoms with Gasteiger partial charge >= 0.3 is 5.97 Å². The van der Waals surface area contributed by atoms with Crippen molar-refractivity contribution in [1.82, 2.24) is 0 Å². The van der Waals surface area contributed by atoms with Gasteiger partial charge in [0.1, 0.15) is 0 Å². The summed E-state index contributed by atoms with van der Waals surface area (Å²) in [6, 6.07) is 6.62. The van der Waals surface area contributed by atoms with E-state index in [0.29, 0.717) is 6.42 Å². The third kappa shape index (κ3) is 4.97. The van der Waals surface area contributed by atoms with Crippen LogP contribution in [0, 0.1) is 18.8 Å². The second kappa shape index (κ2) is 8.54. The largest absolute Gasteiger partial charge is 0.481 e. The molecule has 0 radical (unpaired) electrons. The van der Waals surface area contributed by atoms with Gasteiger partial charge in [-0.3, -0.25) is 8.98 Å². The Morgan fingerprint density at radius 2 is 1.85 bits per heavy atom. The average molecular weight is 394 g/mol. The molecular weight excluding hydrogens is 368 g/mol. The van der Waals surface area contributed by atoms with Gasteiger partial charge in [-0.2, -0.15) is 8.42 Å². The third-order valence-electron chi connectivity index (χ3n) is 5.42. The van der Waals surface area contributed by atoms with Crippen molar-refractivity contribution in [2.45, 2.75) is 56.1 Å². The number of hydrogen-bond acceptors (Lipinski definition) is 5. The first-order valence-electron chi connectivity index (χ1n) is 9.35. The van der Waals surface area contributed by atoms with Gasteiger partial charge in [-0.1, -0.05) is 29.8 Å². The number of ether oxygens (including phenoxy) is 1. The molecule has 2 aliphatic heterocycles. The standard InChI is InChI=1S/C20H26O6S/c1-14-7-9-15(10-8-14)27(23,24)25-13-17-16(18-11-12-19(17)26-18)5-3-2-4-6-20(21)22/h2-3,7-10,16-19H,4-6,11-13H2,1H3,(H,21,22)/b3-2-/t16-,17+,18+,19-/m1/s1. The van der Waals surface area contributed by atoms with E-state index in [-0.39, 0.29) is 42.0 Å². The second-order valence-corrected chi connectivity index (χ2v) is 8.92. The highest BCUT2D eigenvalue weighted by Gasteiger charge is 2.48.